The third-order valence-corrected chi connectivity index (χ3v) is 2.68. The van der Waals surface area contributed by atoms with Crippen LogP contribution in [-0.4, -0.2) is 9.78 Å². The Labute approximate surface area is 90.6 Å². The summed E-state index contributed by atoms with van der Waals surface area (Å²) in [5.74, 6) is 0. The van der Waals surface area contributed by atoms with Gasteiger partial charge in [0, 0.05) is 12.2 Å². The van der Waals surface area contributed by atoms with Crippen LogP contribution in [0.2, 0.25) is 0 Å². The summed E-state index contributed by atoms with van der Waals surface area (Å²) in [5, 5.41) is 4.58. The van der Waals surface area contributed by atoms with Crippen molar-refractivity contribution in [3.63, 3.8) is 0 Å². The van der Waals surface area contributed by atoms with Crippen LogP contribution in [0.3, 0.4) is 0 Å². The van der Waals surface area contributed by atoms with Crippen LogP contribution in [0.4, 0.5) is 0 Å². The van der Waals surface area contributed by atoms with Crippen LogP contribution < -0.4 is 0 Å². The van der Waals surface area contributed by atoms with Gasteiger partial charge in [0.1, 0.15) is 0 Å². The van der Waals surface area contributed by atoms with E-state index in [1.165, 1.54) is 12.1 Å². The normalized spacial score (nSPS) is 15.9. The first-order valence-electron chi connectivity index (χ1n) is 5.37. The van der Waals surface area contributed by atoms with Crippen molar-refractivity contribution in [1.82, 2.24) is 9.78 Å². The molecule has 0 N–H and O–H groups in total. The summed E-state index contributed by atoms with van der Waals surface area (Å²) in [7, 11) is 0. The number of aromatic nitrogens is 2. The molecule has 2 heterocycles. The first-order valence-corrected chi connectivity index (χ1v) is 5.37. The molecule has 1 aliphatic rings. The van der Waals surface area contributed by atoms with Gasteiger partial charge in [-0.2, -0.15) is 5.10 Å². The molecule has 0 atom stereocenters. The van der Waals surface area contributed by atoms with Gasteiger partial charge >= 0.3 is 0 Å². The minimum atomic E-state index is 1.07. The molecule has 1 aliphatic heterocycles. The molecule has 0 saturated carbocycles. The van der Waals surface area contributed by atoms with Crippen LogP contribution >= 0.6 is 0 Å². The van der Waals surface area contributed by atoms with E-state index in [-0.39, 0.29) is 0 Å². The monoisotopic (exact) mass is 200 g/mol. The van der Waals surface area contributed by atoms with Crippen LogP contribution in [0, 0.1) is 0 Å². The fourth-order valence-corrected chi connectivity index (χ4v) is 1.90. The van der Waals surface area contributed by atoms with Crippen molar-refractivity contribution in [2.75, 3.05) is 0 Å². The molecule has 0 bridgehead atoms. The Hall–Kier alpha value is -1.57. The Morgan fingerprint density at radius 2 is 2.47 bits per heavy atom. The molecule has 0 unspecified atom stereocenters. The Morgan fingerprint density at radius 1 is 1.60 bits per heavy atom. The van der Waals surface area contributed by atoms with Crippen LogP contribution in [0.5, 0.6) is 0 Å². The highest BCUT2D eigenvalue weighted by Gasteiger charge is 2.14. The number of nitrogens with zero attached hydrogens (tertiary/aromatic N) is 2. The van der Waals surface area contributed by atoms with Gasteiger partial charge in [-0.1, -0.05) is 30.9 Å². The summed E-state index contributed by atoms with van der Waals surface area (Å²) in [5.41, 5.74) is 3.60. The van der Waals surface area contributed by atoms with E-state index in [0.717, 1.165) is 24.2 Å². The molecule has 78 valence electrons. The summed E-state index contributed by atoms with van der Waals surface area (Å²) in [6, 6.07) is 2.19. The van der Waals surface area contributed by atoms with Crippen molar-refractivity contribution < 1.29 is 0 Å². The number of aryl methyl sites for hydroxylation is 2. The average Bonchev–Trinajstić information content (AvgIpc) is 2.79. The van der Waals surface area contributed by atoms with Crippen molar-refractivity contribution in [2.45, 2.75) is 26.3 Å². The molecule has 2 heteroatoms. The number of hydrogen-bond acceptors (Lipinski definition) is 1. The predicted octanol–water partition coefficient (Wildman–Crippen LogP) is 2.97. The summed E-state index contributed by atoms with van der Waals surface area (Å²) >= 11 is 0. The second-order valence-corrected chi connectivity index (χ2v) is 3.69. The topological polar surface area (TPSA) is 17.8 Å². The predicted molar refractivity (Wildman–Crippen MR) is 63.5 cm³/mol. The summed E-state index contributed by atoms with van der Waals surface area (Å²) < 4.78 is 2.11. The number of rotatable bonds is 3. The molecule has 1 aromatic heterocycles. The lowest BCUT2D eigenvalue weighted by molar-refractivity contribution is 0.654. The molecule has 1 aromatic rings. The number of allylic oxidation sites excluding steroid dienone is 5. The average molecular weight is 200 g/mol. The van der Waals surface area contributed by atoms with Crippen molar-refractivity contribution >= 4 is 5.57 Å². The lowest BCUT2D eigenvalue weighted by Crippen LogP contribution is -1.95. The van der Waals surface area contributed by atoms with Crippen LogP contribution in [0.15, 0.2) is 36.9 Å². The van der Waals surface area contributed by atoms with Crippen molar-refractivity contribution in [3.8, 4) is 0 Å². The Bertz CT molecular complexity index is 400. The molecular formula is C13H16N2. The van der Waals surface area contributed by atoms with Gasteiger partial charge in [0.2, 0.25) is 0 Å². The van der Waals surface area contributed by atoms with Crippen LogP contribution in [-0.2, 0) is 13.0 Å². The molecule has 2 rings (SSSR count). The SMILES string of the molecule is C=C/C=C\C(=C/C)c1cc2n(n1)CCC2. The van der Waals surface area contributed by atoms with E-state index in [4.69, 9.17) is 0 Å². The highest BCUT2D eigenvalue weighted by molar-refractivity contribution is 5.71. The second-order valence-electron chi connectivity index (χ2n) is 3.69. The molecule has 15 heavy (non-hydrogen) atoms. The number of fused-ring (bicyclic) bond motifs is 1. The van der Waals surface area contributed by atoms with Gasteiger partial charge in [0.05, 0.1) is 5.69 Å². The maximum Gasteiger partial charge on any atom is 0.0922 e. The quantitative estimate of drug-likeness (QED) is 0.686. The maximum atomic E-state index is 4.58. The van der Waals surface area contributed by atoms with Gasteiger partial charge in [0.25, 0.3) is 0 Å². The molecular weight excluding hydrogens is 184 g/mol. The fraction of sp³-hybridized carbons (Fsp3) is 0.308. The highest BCUT2D eigenvalue weighted by Crippen LogP contribution is 2.21. The van der Waals surface area contributed by atoms with Crippen LogP contribution in [0.25, 0.3) is 5.57 Å². The standard InChI is InChI=1S/C13H16N2/c1-3-5-7-11(4-2)13-10-12-8-6-9-15(12)14-13/h3-5,7,10H,1,6,8-9H2,2H3/b7-5-,11-4+. The Morgan fingerprint density at radius 3 is 3.13 bits per heavy atom. The first kappa shape index (κ1) is 9.97. The van der Waals surface area contributed by atoms with E-state index in [1.807, 2.05) is 19.1 Å². The van der Waals surface area contributed by atoms with Gasteiger partial charge in [-0.05, 0) is 31.4 Å². The van der Waals surface area contributed by atoms with E-state index >= 15 is 0 Å². The molecule has 0 aromatic carbocycles. The smallest absolute Gasteiger partial charge is 0.0922 e. The van der Waals surface area contributed by atoms with E-state index in [2.05, 4.69) is 28.5 Å². The zero-order valence-corrected chi connectivity index (χ0v) is 9.11. The van der Waals surface area contributed by atoms with E-state index in [0.29, 0.717) is 0 Å². The molecule has 0 saturated heterocycles. The first-order chi connectivity index (χ1) is 7.35. The van der Waals surface area contributed by atoms with Gasteiger partial charge in [-0.3, -0.25) is 4.68 Å². The van der Waals surface area contributed by atoms with Crippen molar-refractivity contribution in [3.05, 3.63) is 48.3 Å². The van der Waals surface area contributed by atoms with E-state index < -0.39 is 0 Å². The van der Waals surface area contributed by atoms with Crippen molar-refractivity contribution in [1.29, 1.82) is 0 Å². The van der Waals surface area contributed by atoms with Gasteiger partial charge < -0.3 is 0 Å². The molecule has 0 amide bonds. The lowest BCUT2D eigenvalue weighted by Gasteiger charge is -1.96. The Balaban J connectivity index is 2.28. The third-order valence-electron chi connectivity index (χ3n) is 2.68. The summed E-state index contributed by atoms with van der Waals surface area (Å²) in [6.45, 7) is 6.77. The van der Waals surface area contributed by atoms with Crippen LogP contribution in [0.1, 0.15) is 24.7 Å². The van der Waals surface area contributed by atoms with E-state index in [9.17, 15) is 0 Å². The molecule has 0 aliphatic carbocycles. The molecule has 0 radical (unpaired) electrons. The maximum absolute atomic E-state index is 4.58. The highest BCUT2D eigenvalue weighted by atomic mass is 15.3. The minimum absolute atomic E-state index is 1.07. The molecule has 0 fully saturated rings. The summed E-state index contributed by atoms with van der Waals surface area (Å²) in [4.78, 5) is 0. The minimum Gasteiger partial charge on any atom is -0.269 e. The molecule has 0 spiro atoms. The number of hydrogen-bond donors (Lipinski definition) is 0. The fourth-order valence-electron chi connectivity index (χ4n) is 1.90. The Kier molecular flexibility index (Phi) is 2.86. The third kappa shape index (κ3) is 1.94. The zero-order chi connectivity index (χ0) is 10.7. The molecule has 2 nitrogen and oxygen atoms in total. The van der Waals surface area contributed by atoms with Gasteiger partial charge in [0.15, 0.2) is 0 Å². The summed E-state index contributed by atoms with van der Waals surface area (Å²) in [6.07, 6.45) is 10.3. The van der Waals surface area contributed by atoms with Gasteiger partial charge in [-0.15, -0.1) is 0 Å². The van der Waals surface area contributed by atoms with E-state index in [1.54, 1.807) is 6.08 Å². The lowest BCUT2D eigenvalue weighted by atomic mass is 10.1. The second kappa shape index (κ2) is 4.30. The zero-order valence-electron chi connectivity index (χ0n) is 9.11. The van der Waals surface area contributed by atoms with Gasteiger partial charge in [-0.25, -0.2) is 0 Å². The largest absolute Gasteiger partial charge is 0.269 e. The van der Waals surface area contributed by atoms with Crippen molar-refractivity contribution in [2.24, 2.45) is 0 Å².